The van der Waals surface area contributed by atoms with Crippen LogP contribution in [0.15, 0.2) is 6.33 Å². The first kappa shape index (κ1) is 13.6. The molecular weight excluding hydrogens is 246 g/mol. The van der Waals surface area contributed by atoms with Crippen LogP contribution in [0.1, 0.15) is 53.0 Å². The molecule has 4 heteroatoms. The van der Waals surface area contributed by atoms with Crippen LogP contribution >= 0.6 is 11.6 Å². The maximum atomic E-state index is 6.18. The van der Waals surface area contributed by atoms with Gasteiger partial charge < -0.3 is 5.32 Å². The predicted molar refractivity (Wildman–Crippen MR) is 76.1 cm³/mol. The molecule has 0 amide bonds. The van der Waals surface area contributed by atoms with Gasteiger partial charge in [0.2, 0.25) is 0 Å². The molecule has 0 radical (unpaired) electrons. The van der Waals surface area contributed by atoms with Crippen molar-refractivity contribution in [1.29, 1.82) is 0 Å². The van der Waals surface area contributed by atoms with Crippen molar-refractivity contribution in [2.24, 2.45) is 10.8 Å². The van der Waals surface area contributed by atoms with Gasteiger partial charge in [-0.15, -0.1) is 0 Å². The molecule has 1 heterocycles. The summed E-state index contributed by atoms with van der Waals surface area (Å²) in [5.41, 5.74) is 1.56. The van der Waals surface area contributed by atoms with Crippen molar-refractivity contribution in [2.75, 3.05) is 5.32 Å². The van der Waals surface area contributed by atoms with E-state index >= 15 is 0 Å². The summed E-state index contributed by atoms with van der Waals surface area (Å²) in [4.78, 5) is 8.44. The second-order valence-corrected chi connectivity index (χ2v) is 6.96. The van der Waals surface area contributed by atoms with Crippen molar-refractivity contribution in [3.63, 3.8) is 0 Å². The third-order valence-electron chi connectivity index (χ3n) is 4.71. The molecule has 3 nitrogen and oxygen atoms in total. The third kappa shape index (κ3) is 1.89. The van der Waals surface area contributed by atoms with E-state index in [1.54, 1.807) is 0 Å². The molecule has 0 aliphatic heterocycles. The summed E-state index contributed by atoms with van der Waals surface area (Å²) in [5, 5.41) is 4.11. The third-order valence-corrected chi connectivity index (χ3v) is 5.02. The summed E-state index contributed by atoms with van der Waals surface area (Å²) >= 11 is 6.18. The lowest BCUT2D eigenvalue weighted by Gasteiger charge is -2.15. The Balaban J connectivity index is 2.29. The van der Waals surface area contributed by atoms with Gasteiger partial charge in [-0.25, -0.2) is 9.97 Å². The van der Waals surface area contributed by atoms with E-state index in [-0.39, 0.29) is 10.8 Å². The molecular formula is C14H22ClN3. The van der Waals surface area contributed by atoms with E-state index in [1.807, 2.05) is 0 Å². The van der Waals surface area contributed by atoms with E-state index in [9.17, 15) is 0 Å². The van der Waals surface area contributed by atoms with E-state index in [0.717, 1.165) is 11.4 Å². The van der Waals surface area contributed by atoms with Gasteiger partial charge in [-0.05, 0) is 16.7 Å². The molecule has 1 fully saturated rings. The Labute approximate surface area is 114 Å². The van der Waals surface area contributed by atoms with Gasteiger partial charge in [0.05, 0.1) is 0 Å². The molecule has 100 valence electrons. The van der Waals surface area contributed by atoms with Gasteiger partial charge in [0.15, 0.2) is 0 Å². The van der Waals surface area contributed by atoms with Crippen LogP contribution in [0.4, 0.5) is 5.82 Å². The van der Waals surface area contributed by atoms with Gasteiger partial charge in [-0.2, -0.15) is 0 Å². The molecule has 1 aromatic rings. The lowest BCUT2D eigenvalue weighted by atomic mass is 10.0. The summed E-state index contributed by atoms with van der Waals surface area (Å²) in [6.45, 7) is 13.3. The predicted octanol–water partition coefficient (Wildman–Crippen LogP) is 4.10. The fourth-order valence-electron chi connectivity index (χ4n) is 2.69. The Morgan fingerprint density at radius 3 is 2.17 bits per heavy atom. The van der Waals surface area contributed by atoms with Crippen molar-refractivity contribution in [3.8, 4) is 0 Å². The highest BCUT2D eigenvalue weighted by atomic mass is 35.5. The molecule has 1 aliphatic carbocycles. The van der Waals surface area contributed by atoms with Crippen LogP contribution in [-0.2, 0) is 0 Å². The van der Waals surface area contributed by atoms with Crippen molar-refractivity contribution in [3.05, 3.63) is 17.0 Å². The Bertz CT molecular complexity index is 452. The zero-order valence-electron chi connectivity index (χ0n) is 12.0. The lowest BCUT2D eigenvalue weighted by molar-refractivity contribution is 0.457. The first-order chi connectivity index (χ1) is 8.19. The molecule has 0 unspecified atom stereocenters. The Morgan fingerprint density at radius 2 is 1.72 bits per heavy atom. The molecule has 2 rings (SSSR count). The smallest absolute Gasteiger partial charge is 0.138 e. The Hall–Kier alpha value is -0.830. The summed E-state index contributed by atoms with van der Waals surface area (Å²) in [5.74, 6) is 1.19. The minimum Gasteiger partial charge on any atom is -0.366 e. The number of hydrogen-bond acceptors (Lipinski definition) is 3. The molecule has 0 saturated heterocycles. The zero-order valence-corrected chi connectivity index (χ0v) is 12.8. The van der Waals surface area contributed by atoms with Gasteiger partial charge in [0.1, 0.15) is 17.3 Å². The Morgan fingerprint density at radius 1 is 1.17 bits per heavy atom. The number of halogens is 1. The van der Waals surface area contributed by atoms with Crippen molar-refractivity contribution >= 4 is 17.4 Å². The monoisotopic (exact) mass is 267 g/mol. The first-order valence-corrected chi connectivity index (χ1v) is 6.84. The molecule has 1 aliphatic rings. The van der Waals surface area contributed by atoms with Crippen LogP contribution in [0.5, 0.6) is 0 Å². The van der Waals surface area contributed by atoms with E-state index in [4.69, 9.17) is 11.6 Å². The highest BCUT2D eigenvalue weighted by Gasteiger charge is 2.65. The van der Waals surface area contributed by atoms with Crippen LogP contribution < -0.4 is 5.32 Å². The van der Waals surface area contributed by atoms with Gasteiger partial charge >= 0.3 is 0 Å². The first-order valence-electron chi connectivity index (χ1n) is 6.46. The standard InChI is InChI=1S/C14H22ClN3/c1-8(2)9-10(15)16-7-17-11(9)18-12-13(3,4)14(12,5)6/h7-8,12H,1-6H3,(H,16,17,18). The van der Waals surface area contributed by atoms with Crippen LogP contribution in [0, 0.1) is 10.8 Å². The van der Waals surface area contributed by atoms with Gasteiger partial charge in [0.25, 0.3) is 0 Å². The van der Waals surface area contributed by atoms with Gasteiger partial charge in [0, 0.05) is 11.6 Å². The summed E-state index contributed by atoms with van der Waals surface area (Å²) in [6.07, 6.45) is 1.53. The molecule has 1 aromatic heterocycles. The summed E-state index contributed by atoms with van der Waals surface area (Å²) < 4.78 is 0. The fraction of sp³-hybridized carbons (Fsp3) is 0.714. The number of nitrogens with one attached hydrogen (secondary N) is 1. The number of rotatable bonds is 3. The quantitative estimate of drug-likeness (QED) is 0.838. The molecule has 0 atom stereocenters. The minimum atomic E-state index is 0.276. The van der Waals surface area contributed by atoms with E-state index in [0.29, 0.717) is 17.1 Å². The number of hydrogen-bond donors (Lipinski definition) is 1. The zero-order chi connectivity index (χ0) is 13.7. The van der Waals surface area contributed by atoms with Gasteiger partial charge in [-0.3, -0.25) is 0 Å². The Kier molecular flexibility index (Phi) is 3.09. The van der Waals surface area contributed by atoms with E-state index in [2.05, 4.69) is 56.8 Å². The van der Waals surface area contributed by atoms with Crippen LogP contribution in [0.3, 0.4) is 0 Å². The summed E-state index contributed by atoms with van der Waals surface area (Å²) in [7, 11) is 0. The number of aromatic nitrogens is 2. The molecule has 1 N–H and O–H groups in total. The number of nitrogens with zero attached hydrogens (tertiary/aromatic N) is 2. The molecule has 0 spiro atoms. The largest absolute Gasteiger partial charge is 0.366 e. The van der Waals surface area contributed by atoms with Crippen molar-refractivity contribution in [2.45, 2.75) is 53.5 Å². The average Bonchev–Trinajstić information content (AvgIpc) is 2.60. The van der Waals surface area contributed by atoms with Gasteiger partial charge in [-0.1, -0.05) is 53.1 Å². The van der Waals surface area contributed by atoms with Crippen molar-refractivity contribution in [1.82, 2.24) is 9.97 Å². The van der Waals surface area contributed by atoms with Crippen LogP contribution in [0.25, 0.3) is 0 Å². The topological polar surface area (TPSA) is 37.8 Å². The van der Waals surface area contributed by atoms with E-state index in [1.165, 1.54) is 6.33 Å². The minimum absolute atomic E-state index is 0.276. The average molecular weight is 268 g/mol. The second kappa shape index (κ2) is 4.09. The molecule has 0 bridgehead atoms. The normalized spacial score (nSPS) is 21.1. The van der Waals surface area contributed by atoms with Crippen LogP contribution in [-0.4, -0.2) is 16.0 Å². The van der Waals surface area contributed by atoms with Crippen molar-refractivity contribution < 1.29 is 0 Å². The number of anilines is 1. The highest BCUT2D eigenvalue weighted by molar-refractivity contribution is 6.30. The highest BCUT2D eigenvalue weighted by Crippen LogP contribution is 2.63. The molecule has 18 heavy (non-hydrogen) atoms. The fourth-order valence-corrected chi connectivity index (χ4v) is 3.05. The molecule has 0 aromatic carbocycles. The molecule has 1 saturated carbocycles. The summed E-state index contributed by atoms with van der Waals surface area (Å²) in [6, 6.07) is 0.425. The van der Waals surface area contributed by atoms with E-state index < -0.39 is 0 Å². The lowest BCUT2D eigenvalue weighted by Crippen LogP contribution is -2.14. The maximum absolute atomic E-state index is 6.18. The second-order valence-electron chi connectivity index (χ2n) is 6.60. The maximum Gasteiger partial charge on any atom is 0.138 e. The van der Waals surface area contributed by atoms with Crippen LogP contribution in [0.2, 0.25) is 5.15 Å². The SMILES string of the molecule is CC(C)c1c(Cl)ncnc1NC1C(C)(C)C1(C)C.